The number of nitrogens with zero attached hydrogens (tertiary/aromatic N) is 3. The van der Waals surface area contributed by atoms with Crippen LogP contribution in [-0.4, -0.2) is 26.0 Å². The zero-order chi connectivity index (χ0) is 18.0. The first-order valence-electron chi connectivity index (χ1n) is 7.91. The summed E-state index contributed by atoms with van der Waals surface area (Å²) in [6, 6.07) is 9.43. The molecular formula is C19H19FN4O. The Bertz CT molecular complexity index is 881. The number of hydrogen-bond acceptors (Lipinski definition) is 3. The zero-order valence-electron chi connectivity index (χ0n) is 14.3. The molecule has 0 saturated heterocycles. The molecule has 2 heterocycles. The van der Waals surface area contributed by atoms with Crippen molar-refractivity contribution in [2.45, 2.75) is 26.3 Å². The Morgan fingerprint density at radius 3 is 2.48 bits per heavy atom. The first kappa shape index (κ1) is 16.8. The lowest BCUT2D eigenvalue weighted by atomic mass is 10.1. The van der Waals surface area contributed by atoms with Crippen molar-refractivity contribution in [1.82, 2.24) is 19.9 Å². The van der Waals surface area contributed by atoms with E-state index in [0.717, 1.165) is 5.56 Å². The van der Waals surface area contributed by atoms with Crippen molar-refractivity contribution in [2.24, 2.45) is 0 Å². The largest absolute Gasteiger partial charge is 0.347 e. The Morgan fingerprint density at radius 2 is 1.88 bits per heavy atom. The van der Waals surface area contributed by atoms with Crippen molar-refractivity contribution in [3.05, 3.63) is 66.5 Å². The van der Waals surface area contributed by atoms with Gasteiger partial charge in [0.1, 0.15) is 18.0 Å². The second-order valence-corrected chi connectivity index (χ2v) is 6.78. The van der Waals surface area contributed by atoms with Crippen molar-refractivity contribution in [3.8, 4) is 17.1 Å². The molecule has 0 spiro atoms. The molecule has 5 nitrogen and oxygen atoms in total. The maximum absolute atomic E-state index is 13.2. The molecule has 6 heteroatoms. The molecule has 0 aliphatic carbocycles. The van der Waals surface area contributed by atoms with Crippen LogP contribution < -0.4 is 5.32 Å². The van der Waals surface area contributed by atoms with Gasteiger partial charge in [-0.05, 0) is 57.2 Å². The number of rotatable bonds is 3. The van der Waals surface area contributed by atoms with Gasteiger partial charge in [-0.3, -0.25) is 9.36 Å². The summed E-state index contributed by atoms with van der Waals surface area (Å²) in [5.41, 5.74) is 1.44. The lowest BCUT2D eigenvalue weighted by Gasteiger charge is -2.21. The summed E-state index contributed by atoms with van der Waals surface area (Å²) in [5.74, 6) is 0.0539. The molecule has 0 saturated carbocycles. The number of carbonyl (C=O) groups is 1. The topological polar surface area (TPSA) is 59.8 Å². The number of halogens is 1. The Kier molecular flexibility index (Phi) is 4.35. The van der Waals surface area contributed by atoms with Crippen LogP contribution in [-0.2, 0) is 0 Å². The van der Waals surface area contributed by atoms with E-state index >= 15 is 0 Å². The Labute approximate surface area is 145 Å². The predicted molar refractivity (Wildman–Crippen MR) is 94.0 cm³/mol. The van der Waals surface area contributed by atoms with E-state index in [-0.39, 0.29) is 17.3 Å². The molecule has 1 amide bonds. The van der Waals surface area contributed by atoms with Crippen LogP contribution in [0.15, 0.2) is 55.1 Å². The number of amides is 1. The number of benzene rings is 1. The summed E-state index contributed by atoms with van der Waals surface area (Å²) >= 11 is 0. The van der Waals surface area contributed by atoms with Crippen LogP contribution in [0.5, 0.6) is 0 Å². The minimum Gasteiger partial charge on any atom is -0.347 e. The van der Waals surface area contributed by atoms with Crippen molar-refractivity contribution < 1.29 is 9.18 Å². The smallest absolute Gasteiger partial charge is 0.251 e. The van der Waals surface area contributed by atoms with E-state index in [1.165, 1.54) is 12.1 Å². The van der Waals surface area contributed by atoms with E-state index in [1.807, 2.05) is 20.8 Å². The molecule has 128 valence electrons. The number of nitrogens with one attached hydrogen (secondary N) is 1. The van der Waals surface area contributed by atoms with E-state index in [1.54, 1.807) is 47.6 Å². The molecule has 0 bridgehead atoms. The highest BCUT2D eigenvalue weighted by Crippen LogP contribution is 2.22. The third-order valence-corrected chi connectivity index (χ3v) is 3.47. The van der Waals surface area contributed by atoms with Gasteiger partial charge in [-0.1, -0.05) is 0 Å². The van der Waals surface area contributed by atoms with Crippen LogP contribution in [0, 0.1) is 5.82 Å². The van der Waals surface area contributed by atoms with Gasteiger partial charge in [0, 0.05) is 29.1 Å². The fraction of sp³-hybridized carbons (Fsp3) is 0.211. The van der Waals surface area contributed by atoms with Crippen LogP contribution in [0.1, 0.15) is 31.1 Å². The molecule has 0 aliphatic heterocycles. The van der Waals surface area contributed by atoms with Gasteiger partial charge in [0.05, 0.1) is 5.69 Å². The van der Waals surface area contributed by atoms with Gasteiger partial charge in [-0.25, -0.2) is 14.4 Å². The van der Waals surface area contributed by atoms with Crippen molar-refractivity contribution >= 4 is 5.91 Å². The highest BCUT2D eigenvalue weighted by molar-refractivity contribution is 5.96. The van der Waals surface area contributed by atoms with Gasteiger partial charge in [0.2, 0.25) is 0 Å². The van der Waals surface area contributed by atoms with Gasteiger partial charge in [0.15, 0.2) is 0 Å². The minimum absolute atomic E-state index is 0.195. The lowest BCUT2D eigenvalue weighted by Crippen LogP contribution is -2.40. The molecule has 0 aliphatic rings. The second kappa shape index (κ2) is 6.47. The summed E-state index contributed by atoms with van der Waals surface area (Å²) in [4.78, 5) is 21.2. The number of carbonyl (C=O) groups excluding carboxylic acids is 1. The quantitative estimate of drug-likeness (QED) is 0.794. The normalized spacial score (nSPS) is 11.4. The molecular weight excluding hydrogens is 319 g/mol. The summed E-state index contributed by atoms with van der Waals surface area (Å²) in [7, 11) is 0. The second-order valence-electron chi connectivity index (χ2n) is 6.78. The van der Waals surface area contributed by atoms with Gasteiger partial charge in [-0.2, -0.15) is 0 Å². The SMILES string of the molecule is CC(C)(C)NC(=O)c1cc(-c2ccc(F)cc2)nc(-n2ccnc2)c1. The van der Waals surface area contributed by atoms with Gasteiger partial charge >= 0.3 is 0 Å². The van der Waals surface area contributed by atoms with Crippen molar-refractivity contribution in [1.29, 1.82) is 0 Å². The highest BCUT2D eigenvalue weighted by atomic mass is 19.1. The molecule has 1 N–H and O–H groups in total. The zero-order valence-corrected chi connectivity index (χ0v) is 14.3. The van der Waals surface area contributed by atoms with E-state index in [4.69, 9.17) is 0 Å². The predicted octanol–water partition coefficient (Wildman–Crippen LogP) is 3.60. The third-order valence-electron chi connectivity index (χ3n) is 3.47. The van der Waals surface area contributed by atoms with Crippen molar-refractivity contribution in [3.63, 3.8) is 0 Å². The van der Waals surface area contributed by atoms with Crippen molar-refractivity contribution in [2.75, 3.05) is 0 Å². The molecule has 0 fully saturated rings. The van der Waals surface area contributed by atoms with Crippen LogP contribution in [0.3, 0.4) is 0 Å². The first-order chi connectivity index (χ1) is 11.8. The third kappa shape index (κ3) is 4.09. The van der Waals surface area contributed by atoms with Gasteiger partial charge in [0.25, 0.3) is 5.91 Å². The number of aromatic nitrogens is 3. The fourth-order valence-corrected chi connectivity index (χ4v) is 2.36. The summed E-state index contributed by atoms with van der Waals surface area (Å²) in [6.07, 6.45) is 5.01. The maximum Gasteiger partial charge on any atom is 0.251 e. The Hall–Kier alpha value is -3.02. The van der Waals surface area contributed by atoms with Crippen LogP contribution >= 0.6 is 0 Å². The molecule has 0 atom stereocenters. The Balaban J connectivity index is 2.08. The monoisotopic (exact) mass is 338 g/mol. The fourth-order valence-electron chi connectivity index (χ4n) is 2.36. The lowest BCUT2D eigenvalue weighted by molar-refractivity contribution is 0.0919. The number of pyridine rings is 1. The van der Waals surface area contributed by atoms with E-state index in [9.17, 15) is 9.18 Å². The van der Waals surface area contributed by atoms with Gasteiger partial charge in [-0.15, -0.1) is 0 Å². The molecule has 25 heavy (non-hydrogen) atoms. The maximum atomic E-state index is 13.2. The molecule has 2 aromatic heterocycles. The summed E-state index contributed by atoms with van der Waals surface area (Å²) in [5, 5.41) is 2.94. The molecule has 3 rings (SSSR count). The first-order valence-corrected chi connectivity index (χ1v) is 7.91. The number of hydrogen-bond donors (Lipinski definition) is 1. The van der Waals surface area contributed by atoms with Crippen LogP contribution in [0.25, 0.3) is 17.1 Å². The average Bonchev–Trinajstić information content (AvgIpc) is 3.08. The number of imidazole rings is 1. The van der Waals surface area contributed by atoms with Gasteiger partial charge < -0.3 is 5.32 Å². The summed E-state index contributed by atoms with van der Waals surface area (Å²) in [6.45, 7) is 5.76. The standard InChI is InChI=1S/C19H19FN4O/c1-19(2,3)23-18(25)14-10-16(13-4-6-15(20)7-5-13)22-17(11-14)24-9-8-21-12-24/h4-12H,1-3H3,(H,23,25). The molecule has 0 unspecified atom stereocenters. The molecule has 3 aromatic rings. The Morgan fingerprint density at radius 1 is 1.16 bits per heavy atom. The summed E-state index contributed by atoms with van der Waals surface area (Å²) < 4.78 is 14.9. The van der Waals surface area contributed by atoms with E-state index in [2.05, 4.69) is 15.3 Å². The van der Waals surface area contributed by atoms with E-state index in [0.29, 0.717) is 17.1 Å². The minimum atomic E-state index is -0.356. The van der Waals surface area contributed by atoms with E-state index < -0.39 is 0 Å². The molecule has 1 aromatic carbocycles. The highest BCUT2D eigenvalue weighted by Gasteiger charge is 2.17. The van der Waals surface area contributed by atoms with Crippen LogP contribution in [0.4, 0.5) is 4.39 Å². The van der Waals surface area contributed by atoms with Crippen LogP contribution in [0.2, 0.25) is 0 Å². The molecule has 0 radical (unpaired) electrons. The average molecular weight is 338 g/mol.